The van der Waals surface area contributed by atoms with E-state index in [1.807, 2.05) is 0 Å². The van der Waals surface area contributed by atoms with E-state index in [0.717, 1.165) is 6.54 Å². The fraction of sp³-hybridized carbons (Fsp3) is 0.875. The lowest BCUT2D eigenvalue weighted by Gasteiger charge is -2.26. The van der Waals surface area contributed by atoms with E-state index in [0.29, 0.717) is 19.5 Å². The summed E-state index contributed by atoms with van der Waals surface area (Å²) in [4.78, 5) is 15.7. The molecule has 0 aliphatic carbocycles. The van der Waals surface area contributed by atoms with E-state index in [1.54, 1.807) is 5.06 Å². The molecule has 0 saturated carbocycles. The minimum absolute atomic E-state index is 0.0185. The highest BCUT2D eigenvalue weighted by Crippen LogP contribution is 2.18. The second-order valence-electron chi connectivity index (χ2n) is 3.95. The number of hydrogen-bond acceptors (Lipinski definition) is 4. The van der Waals surface area contributed by atoms with Gasteiger partial charge in [-0.1, -0.05) is 13.8 Å². The summed E-state index contributed by atoms with van der Waals surface area (Å²) >= 11 is 0. The van der Waals surface area contributed by atoms with Crippen molar-refractivity contribution in [3.63, 3.8) is 0 Å². The molecule has 0 radical (unpaired) electrons. The predicted molar refractivity (Wildman–Crippen MR) is 45.1 cm³/mol. The monoisotopic (exact) mass is 172 g/mol. The third-order valence-corrected chi connectivity index (χ3v) is 1.95. The fourth-order valence-electron chi connectivity index (χ4n) is 1.10. The molecule has 0 atom stereocenters. The van der Waals surface area contributed by atoms with Crippen LogP contribution in [0.1, 0.15) is 20.3 Å². The first-order valence-electron chi connectivity index (χ1n) is 4.19. The van der Waals surface area contributed by atoms with E-state index >= 15 is 0 Å². The summed E-state index contributed by atoms with van der Waals surface area (Å²) in [6.07, 6.45) is 0.501. The maximum absolute atomic E-state index is 10.7. The number of carbonyl (C=O) groups excluding carboxylic acids is 1. The Morgan fingerprint density at radius 2 is 2.33 bits per heavy atom. The average molecular weight is 172 g/mol. The van der Waals surface area contributed by atoms with E-state index in [4.69, 9.17) is 10.6 Å². The summed E-state index contributed by atoms with van der Waals surface area (Å²) in [5.41, 5.74) is 5.57. The summed E-state index contributed by atoms with van der Waals surface area (Å²) in [6, 6.07) is 0. The number of carbonyl (C=O) groups is 1. The second kappa shape index (κ2) is 3.41. The molecule has 1 aliphatic rings. The maximum Gasteiger partial charge on any atom is 0.326 e. The zero-order chi connectivity index (χ0) is 9.19. The maximum atomic E-state index is 10.7. The highest BCUT2D eigenvalue weighted by molar-refractivity contribution is 5.70. The lowest BCUT2D eigenvalue weighted by Crippen LogP contribution is -2.36. The molecule has 0 amide bonds. The van der Waals surface area contributed by atoms with Crippen molar-refractivity contribution in [2.45, 2.75) is 20.3 Å². The minimum Gasteiger partial charge on any atom is -0.368 e. The smallest absolute Gasteiger partial charge is 0.326 e. The summed E-state index contributed by atoms with van der Waals surface area (Å²) < 4.78 is 0. The average Bonchev–Trinajstić information content (AvgIpc) is 2.35. The van der Waals surface area contributed by atoms with Crippen LogP contribution in [0.3, 0.4) is 0 Å². The van der Waals surface area contributed by atoms with Crippen LogP contribution in [0.15, 0.2) is 0 Å². The molecule has 4 nitrogen and oxygen atoms in total. The van der Waals surface area contributed by atoms with Gasteiger partial charge in [0, 0.05) is 13.1 Å². The first kappa shape index (κ1) is 9.48. The Bertz CT molecular complexity index is 180. The molecule has 0 spiro atoms. The Morgan fingerprint density at radius 3 is 2.75 bits per heavy atom. The van der Waals surface area contributed by atoms with Crippen LogP contribution in [0, 0.1) is 5.41 Å². The van der Waals surface area contributed by atoms with Crippen LogP contribution in [-0.2, 0) is 9.63 Å². The van der Waals surface area contributed by atoms with Crippen LogP contribution in [-0.4, -0.2) is 30.7 Å². The molecule has 0 unspecified atom stereocenters. The molecule has 1 heterocycles. The van der Waals surface area contributed by atoms with Gasteiger partial charge in [0.05, 0.1) is 6.42 Å². The number of nitrogens with zero attached hydrogens (tertiary/aromatic N) is 1. The number of hydrogen-bond donors (Lipinski definition) is 1. The zero-order valence-corrected chi connectivity index (χ0v) is 7.67. The molecule has 1 fully saturated rings. The molecule has 0 aromatic heterocycles. The predicted octanol–water partition coefficient (Wildman–Crippen LogP) is 0.135. The number of rotatable bonds is 3. The van der Waals surface area contributed by atoms with Crippen molar-refractivity contribution in [1.82, 2.24) is 5.06 Å². The fourth-order valence-corrected chi connectivity index (χ4v) is 1.10. The van der Waals surface area contributed by atoms with Gasteiger partial charge in [0.25, 0.3) is 0 Å². The molecule has 1 saturated heterocycles. The van der Waals surface area contributed by atoms with Crippen LogP contribution in [0.25, 0.3) is 0 Å². The largest absolute Gasteiger partial charge is 0.368 e. The van der Waals surface area contributed by atoms with Gasteiger partial charge in [0.1, 0.15) is 0 Å². The van der Waals surface area contributed by atoms with Crippen molar-refractivity contribution in [3.8, 4) is 0 Å². The molecular formula is C8H16N2O2. The van der Waals surface area contributed by atoms with Gasteiger partial charge in [-0.2, -0.15) is 0 Å². The van der Waals surface area contributed by atoms with E-state index in [1.165, 1.54) is 0 Å². The normalized spacial score (nSPS) is 19.8. The Morgan fingerprint density at radius 1 is 1.67 bits per heavy atom. The van der Waals surface area contributed by atoms with Gasteiger partial charge in [-0.15, -0.1) is 5.06 Å². The van der Waals surface area contributed by atoms with E-state index in [2.05, 4.69) is 13.8 Å². The van der Waals surface area contributed by atoms with E-state index in [-0.39, 0.29) is 11.4 Å². The third-order valence-electron chi connectivity index (χ3n) is 1.95. The highest BCUT2D eigenvalue weighted by atomic mass is 16.7. The summed E-state index contributed by atoms with van der Waals surface area (Å²) in [5.74, 6) is -0.136. The molecular weight excluding hydrogens is 156 g/mol. The van der Waals surface area contributed by atoms with Gasteiger partial charge in [-0.25, -0.2) is 0 Å². The Hall–Kier alpha value is -0.610. The van der Waals surface area contributed by atoms with Crippen LogP contribution in [0.5, 0.6) is 0 Å². The van der Waals surface area contributed by atoms with Crippen LogP contribution in [0.2, 0.25) is 0 Å². The van der Waals surface area contributed by atoms with Gasteiger partial charge in [-0.05, 0) is 12.0 Å². The lowest BCUT2D eigenvalue weighted by atomic mass is 9.94. The standard InChI is InChI=1S/C8H16N2O2/c1-8(2,5-9)6-10-4-3-7(11)12-10/h3-6,9H2,1-2H3. The van der Waals surface area contributed by atoms with Gasteiger partial charge in [-0.3, -0.25) is 4.79 Å². The van der Waals surface area contributed by atoms with Crippen LogP contribution < -0.4 is 5.73 Å². The zero-order valence-electron chi connectivity index (χ0n) is 7.67. The van der Waals surface area contributed by atoms with Crippen LogP contribution in [0.4, 0.5) is 0 Å². The van der Waals surface area contributed by atoms with Crippen molar-refractivity contribution < 1.29 is 9.63 Å². The van der Waals surface area contributed by atoms with Gasteiger partial charge in [0.15, 0.2) is 0 Å². The molecule has 0 aromatic carbocycles. The summed E-state index contributed by atoms with van der Waals surface area (Å²) in [7, 11) is 0. The van der Waals surface area contributed by atoms with Gasteiger partial charge in [0.2, 0.25) is 0 Å². The van der Waals surface area contributed by atoms with Crippen molar-refractivity contribution in [2.24, 2.45) is 11.1 Å². The molecule has 70 valence electrons. The van der Waals surface area contributed by atoms with Crippen LogP contribution >= 0.6 is 0 Å². The van der Waals surface area contributed by atoms with Gasteiger partial charge < -0.3 is 10.6 Å². The molecule has 0 aromatic rings. The Labute approximate surface area is 72.6 Å². The minimum atomic E-state index is -0.136. The summed E-state index contributed by atoms with van der Waals surface area (Å²) in [6.45, 7) is 6.12. The Balaban J connectivity index is 2.36. The lowest BCUT2D eigenvalue weighted by molar-refractivity contribution is -0.174. The third kappa shape index (κ3) is 2.46. The molecule has 12 heavy (non-hydrogen) atoms. The highest BCUT2D eigenvalue weighted by Gasteiger charge is 2.27. The van der Waals surface area contributed by atoms with E-state index < -0.39 is 0 Å². The molecule has 2 N–H and O–H groups in total. The SMILES string of the molecule is CC(C)(CN)CN1CCC(=O)O1. The molecule has 4 heteroatoms. The quantitative estimate of drug-likeness (QED) is 0.657. The van der Waals surface area contributed by atoms with Crippen molar-refractivity contribution >= 4 is 5.97 Å². The first-order valence-corrected chi connectivity index (χ1v) is 4.19. The van der Waals surface area contributed by atoms with Crippen molar-refractivity contribution in [2.75, 3.05) is 19.6 Å². The molecule has 1 aliphatic heterocycles. The Kier molecular flexibility index (Phi) is 2.69. The topological polar surface area (TPSA) is 55.6 Å². The number of nitrogens with two attached hydrogens (primary N) is 1. The van der Waals surface area contributed by atoms with Crippen molar-refractivity contribution in [3.05, 3.63) is 0 Å². The van der Waals surface area contributed by atoms with E-state index in [9.17, 15) is 4.79 Å². The number of hydroxylamine groups is 2. The van der Waals surface area contributed by atoms with Gasteiger partial charge >= 0.3 is 5.97 Å². The summed E-state index contributed by atoms with van der Waals surface area (Å²) in [5, 5.41) is 1.69. The molecule has 1 rings (SSSR count). The first-order chi connectivity index (χ1) is 5.53. The van der Waals surface area contributed by atoms with Crippen molar-refractivity contribution in [1.29, 1.82) is 0 Å². The molecule has 0 bridgehead atoms. The second-order valence-corrected chi connectivity index (χ2v) is 3.95.